The first-order valence-electron chi connectivity index (χ1n) is 6.02. The maximum Gasteiger partial charge on any atom is 0.234 e. The van der Waals surface area contributed by atoms with Crippen molar-refractivity contribution in [1.82, 2.24) is 0 Å². The topological polar surface area (TPSA) is 20.3 Å². The molecule has 16 heavy (non-hydrogen) atoms. The van der Waals surface area contributed by atoms with Crippen LogP contribution in [0.25, 0.3) is 0 Å². The Labute approximate surface area is 97.3 Å². The maximum absolute atomic E-state index is 12.2. The molecular formula is C14H19NO. The van der Waals surface area contributed by atoms with Gasteiger partial charge in [-0.15, -0.1) is 0 Å². The van der Waals surface area contributed by atoms with Gasteiger partial charge in [0.15, 0.2) is 0 Å². The first-order chi connectivity index (χ1) is 7.60. The molecular weight excluding hydrogens is 198 g/mol. The van der Waals surface area contributed by atoms with E-state index in [9.17, 15) is 4.79 Å². The molecule has 0 unspecified atom stereocenters. The molecule has 2 nitrogen and oxygen atoms in total. The van der Waals surface area contributed by atoms with Crippen LogP contribution in [-0.4, -0.2) is 12.5 Å². The quantitative estimate of drug-likeness (QED) is 0.745. The minimum Gasteiger partial charge on any atom is -0.312 e. The molecule has 1 aliphatic heterocycles. The summed E-state index contributed by atoms with van der Waals surface area (Å²) in [5.41, 5.74) is 4.86. The second-order valence-corrected chi connectivity index (χ2v) is 4.56. The summed E-state index contributed by atoms with van der Waals surface area (Å²) in [4.78, 5) is 14.1. The Hall–Kier alpha value is -1.31. The zero-order valence-corrected chi connectivity index (χ0v) is 10.5. The van der Waals surface area contributed by atoms with Crippen LogP contribution in [0.15, 0.2) is 12.1 Å². The highest BCUT2D eigenvalue weighted by Gasteiger charge is 2.36. The van der Waals surface area contributed by atoms with Crippen LogP contribution >= 0.6 is 0 Å². The average molecular weight is 217 g/mol. The minimum absolute atomic E-state index is 0.0774. The van der Waals surface area contributed by atoms with Gasteiger partial charge in [0.05, 0.1) is 11.6 Å². The number of rotatable bonds is 2. The van der Waals surface area contributed by atoms with E-state index in [1.165, 1.54) is 16.7 Å². The molecule has 0 radical (unpaired) electrons. The molecule has 86 valence electrons. The Balaban J connectivity index is 2.63. The molecule has 0 aliphatic carbocycles. The van der Waals surface area contributed by atoms with E-state index < -0.39 is 0 Å². The van der Waals surface area contributed by atoms with Gasteiger partial charge in [0, 0.05) is 6.54 Å². The summed E-state index contributed by atoms with van der Waals surface area (Å²) in [5.74, 6) is 0.349. The van der Waals surface area contributed by atoms with E-state index in [2.05, 4.69) is 32.9 Å². The number of nitrogens with zero attached hydrogens (tertiary/aromatic N) is 1. The van der Waals surface area contributed by atoms with Crippen molar-refractivity contribution in [2.24, 2.45) is 0 Å². The Bertz CT molecular complexity index is 437. The molecule has 2 rings (SSSR count). The van der Waals surface area contributed by atoms with Crippen molar-refractivity contribution in [3.8, 4) is 0 Å². The third-order valence-corrected chi connectivity index (χ3v) is 3.41. The van der Waals surface area contributed by atoms with Crippen LogP contribution in [-0.2, 0) is 4.79 Å². The van der Waals surface area contributed by atoms with Crippen LogP contribution in [0.4, 0.5) is 5.69 Å². The van der Waals surface area contributed by atoms with Gasteiger partial charge >= 0.3 is 0 Å². The number of amides is 1. The first kappa shape index (κ1) is 11.2. The number of hydrogen-bond acceptors (Lipinski definition) is 1. The number of benzene rings is 1. The molecule has 1 aromatic rings. The van der Waals surface area contributed by atoms with Crippen LogP contribution < -0.4 is 4.90 Å². The molecule has 1 aromatic carbocycles. The Kier molecular flexibility index (Phi) is 2.75. The lowest BCUT2D eigenvalue weighted by atomic mass is 9.95. The second-order valence-electron chi connectivity index (χ2n) is 4.56. The van der Waals surface area contributed by atoms with Crippen molar-refractivity contribution >= 4 is 11.6 Å². The molecule has 0 N–H and O–H groups in total. The highest BCUT2D eigenvalue weighted by atomic mass is 16.2. The predicted molar refractivity (Wildman–Crippen MR) is 67.0 cm³/mol. The molecule has 0 fully saturated rings. The largest absolute Gasteiger partial charge is 0.312 e. The lowest BCUT2D eigenvalue weighted by molar-refractivity contribution is -0.119. The Morgan fingerprint density at radius 2 is 1.94 bits per heavy atom. The van der Waals surface area contributed by atoms with Gasteiger partial charge in [-0.3, -0.25) is 4.79 Å². The predicted octanol–water partition coefficient (Wildman–Crippen LogP) is 3.16. The first-order valence-corrected chi connectivity index (χ1v) is 6.02. The number of aryl methyl sites for hydroxylation is 2. The SMILES string of the molecule is CC[C@H]1C(=O)N(CC)c2c(C)cc(C)cc21. The smallest absolute Gasteiger partial charge is 0.234 e. The molecule has 0 bridgehead atoms. The fourth-order valence-corrected chi connectivity index (χ4v) is 2.77. The van der Waals surface area contributed by atoms with E-state index in [1.54, 1.807) is 0 Å². The van der Waals surface area contributed by atoms with E-state index in [-0.39, 0.29) is 11.8 Å². The minimum atomic E-state index is 0.0774. The summed E-state index contributed by atoms with van der Waals surface area (Å²) >= 11 is 0. The molecule has 0 saturated carbocycles. The summed E-state index contributed by atoms with van der Waals surface area (Å²) in [6.45, 7) is 9.09. The Morgan fingerprint density at radius 1 is 1.25 bits per heavy atom. The molecule has 0 saturated heterocycles. The van der Waals surface area contributed by atoms with Crippen molar-refractivity contribution in [2.45, 2.75) is 40.0 Å². The van der Waals surface area contributed by atoms with E-state index in [1.807, 2.05) is 11.8 Å². The summed E-state index contributed by atoms with van der Waals surface area (Å²) in [6.07, 6.45) is 0.894. The number of anilines is 1. The summed E-state index contributed by atoms with van der Waals surface area (Å²) in [7, 11) is 0. The fraction of sp³-hybridized carbons (Fsp3) is 0.500. The van der Waals surface area contributed by atoms with Gasteiger partial charge in [0.2, 0.25) is 5.91 Å². The number of carbonyl (C=O) groups excluding carboxylic acids is 1. The van der Waals surface area contributed by atoms with E-state index in [0.717, 1.165) is 18.7 Å². The van der Waals surface area contributed by atoms with Crippen LogP contribution in [0.2, 0.25) is 0 Å². The number of carbonyl (C=O) groups is 1. The maximum atomic E-state index is 12.2. The average Bonchev–Trinajstić information content (AvgIpc) is 2.49. The third-order valence-electron chi connectivity index (χ3n) is 3.41. The second kappa shape index (κ2) is 3.93. The van der Waals surface area contributed by atoms with Gasteiger partial charge < -0.3 is 4.90 Å². The third kappa shape index (κ3) is 1.44. The molecule has 1 atom stereocenters. The van der Waals surface area contributed by atoms with E-state index >= 15 is 0 Å². The van der Waals surface area contributed by atoms with Gasteiger partial charge in [0.1, 0.15) is 0 Å². The molecule has 2 heteroatoms. The lowest BCUT2D eigenvalue weighted by Crippen LogP contribution is -2.28. The highest BCUT2D eigenvalue weighted by molar-refractivity contribution is 6.05. The van der Waals surface area contributed by atoms with Crippen molar-refractivity contribution in [3.05, 3.63) is 28.8 Å². The van der Waals surface area contributed by atoms with Crippen molar-refractivity contribution in [1.29, 1.82) is 0 Å². The summed E-state index contributed by atoms with van der Waals surface area (Å²) < 4.78 is 0. The zero-order valence-electron chi connectivity index (χ0n) is 10.5. The van der Waals surface area contributed by atoms with E-state index in [4.69, 9.17) is 0 Å². The fourth-order valence-electron chi connectivity index (χ4n) is 2.77. The van der Waals surface area contributed by atoms with Crippen LogP contribution in [0.5, 0.6) is 0 Å². The molecule has 0 aromatic heterocycles. The molecule has 1 amide bonds. The lowest BCUT2D eigenvalue weighted by Gasteiger charge is -2.17. The highest BCUT2D eigenvalue weighted by Crippen LogP contribution is 2.41. The summed E-state index contributed by atoms with van der Waals surface area (Å²) in [5, 5.41) is 0. The van der Waals surface area contributed by atoms with Gasteiger partial charge in [-0.2, -0.15) is 0 Å². The van der Waals surface area contributed by atoms with Gasteiger partial charge in [0.25, 0.3) is 0 Å². The molecule has 1 heterocycles. The summed E-state index contributed by atoms with van der Waals surface area (Å²) in [6, 6.07) is 4.33. The zero-order chi connectivity index (χ0) is 11.9. The number of fused-ring (bicyclic) bond motifs is 1. The standard InChI is InChI=1S/C14H19NO/c1-5-11-12-8-9(3)7-10(4)13(12)15(6-2)14(11)16/h7-8,11H,5-6H2,1-4H3/t11-/m1/s1. The number of hydrogen-bond donors (Lipinski definition) is 0. The number of likely N-dealkylation sites (N-methyl/N-ethyl adjacent to an activating group) is 1. The molecule has 1 aliphatic rings. The van der Waals surface area contributed by atoms with Crippen LogP contribution in [0.3, 0.4) is 0 Å². The Morgan fingerprint density at radius 3 is 2.50 bits per heavy atom. The van der Waals surface area contributed by atoms with Crippen molar-refractivity contribution in [3.63, 3.8) is 0 Å². The van der Waals surface area contributed by atoms with Gasteiger partial charge in [-0.05, 0) is 38.3 Å². The molecule has 0 spiro atoms. The van der Waals surface area contributed by atoms with Gasteiger partial charge in [-0.1, -0.05) is 24.6 Å². The van der Waals surface area contributed by atoms with Crippen LogP contribution in [0, 0.1) is 13.8 Å². The normalized spacial score (nSPS) is 19.1. The van der Waals surface area contributed by atoms with Crippen molar-refractivity contribution < 1.29 is 4.79 Å². The monoisotopic (exact) mass is 217 g/mol. The van der Waals surface area contributed by atoms with Gasteiger partial charge in [-0.25, -0.2) is 0 Å². The van der Waals surface area contributed by atoms with E-state index in [0.29, 0.717) is 0 Å². The van der Waals surface area contributed by atoms with Crippen LogP contribution in [0.1, 0.15) is 42.9 Å². The van der Waals surface area contributed by atoms with Crippen molar-refractivity contribution in [2.75, 3.05) is 11.4 Å².